The summed E-state index contributed by atoms with van der Waals surface area (Å²) in [4.78, 5) is 0. The maximum atomic E-state index is 4.00. The summed E-state index contributed by atoms with van der Waals surface area (Å²) in [5.41, 5.74) is 2.45. The maximum Gasteiger partial charge on any atom is 0.00331 e. The highest BCUT2D eigenvalue weighted by molar-refractivity contribution is 5.15. The highest BCUT2D eigenvalue weighted by Crippen LogP contribution is 2.23. The van der Waals surface area contributed by atoms with E-state index in [4.69, 9.17) is 0 Å². The summed E-state index contributed by atoms with van der Waals surface area (Å²) in [5, 5.41) is 0. The average molecular weight is 150 g/mol. The van der Waals surface area contributed by atoms with Gasteiger partial charge in [0.05, 0.1) is 0 Å². The van der Waals surface area contributed by atoms with Gasteiger partial charge in [-0.1, -0.05) is 37.3 Å². The second-order valence-corrected chi connectivity index (χ2v) is 2.94. The Kier molecular flexibility index (Phi) is 4.60. The Bertz CT molecular complexity index is 163. The number of hydrogen-bond acceptors (Lipinski definition) is 0. The van der Waals surface area contributed by atoms with Crippen molar-refractivity contribution in [1.82, 2.24) is 0 Å². The Morgan fingerprint density at radius 3 is 2.27 bits per heavy atom. The molecule has 1 atom stereocenters. The normalized spacial score (nSPS) is 12.2. The first-order chi connectivity index (χ1) is 5.13. The number of rotatable bonds is 5. The molecule has 1 unspecified atom stereocenters. The van der Waals surface area contributed by atoms with Gasteiger partial charge >= 0.3 is 0 Å². The molecule has 0 rings (SSSR count). The van der Waals surface area contributed by atoms with Crippen LogP contribution in [-0.4, -0.2) is 0 Å². The van der Waals surface area contributed by atoms with Crippen LogP contribution in [0.4, 0.5) is 0 Å². The molecule has 0 amide bonds. The fourth-order valence-corrected chi connectivity index (χ4v) is 1.13. The molecule has 0 aliphatic heterocycles. The summed E-state index contributed by atoms with van der Waals surface area (Å²) in [5.74, 6) is 0.442. The molecule has 0 spiro atoms. The summed E-state index contributed by atoms with van der Waals surface area (Å²) in [6.07, 6.45) is 3.94. The zero-order chi connectivity index (χ0) is 8.85. The summed E-state index contributed by atoms with van der Waals surface area (Å²) in [6.45, 7) is 15.8. The van der Waals surface area contributed by atoms with Gasteiger partial charge in [0.25, 0.3) is 0 Å². The van der Waals surface area contributed by atoms with Crippen molar-refractivity contribution >= 4 is 0 Å². The van der Waals surface area contributed by atoms with Gasteiger partial charge in [0.15, 0.2) is 0 Å². The lowest BCUT2D eigenvalue weighted by atomic mass is 9.89. The van der Waals surface area contributed by atoms with Crippen molar-refractivity contribution in [2.45, 2.75) is 26.7 Å². The first kappa shape index (κ1) is 10.2. The van der Waals surface area contributed by atoms with Crippen molar-refractivity contribution in [3.05, 3.63) is 37.0 Å². The van der Waals surface area contributed by atoms with Gasteiger partial charge in [-0.3, -0.25) is 0 Å². The molecular weight excluding hydrogens is 132 g/mol. The topological polar surface area (TPSA) is 0 Å². The van der Waals surface area contributed by atoms with Gasteiger partial charge in [-0.25, -0.2) is 0 Å². The molecule has 0 saturated carbocycles. The predicted molar refractivity (Wildman–Crippen MR) is 52.5 cm³/mol. The highest BCUT2D eigenvalue weighted by atomic mass is 14.1. The fraction of sp³-hybridized carbons (Fsp3) is 0.455. The lowest BCUT2D eigenvalue weighted by Gasteiger charge is -2.16. The molecule has 0 fully saturated rings. The van der Waals surface area contributed by atoms with Crippen LogP contribution in [0.2, 0.25) is 0 Å². The largest absolute Gasteiger partial charge is 0.103 e. The molecule has 0 saturated heterocycles. The van der Waals surface area contributed by atoms with Crippen LogP contribution in [0.1, 0.15) is 26.7 Å². The molecular formula is C11H18. The lowest BCUT2D eigenvalue weighted by molar-refractivity contribution is 0.703. The van der Waals surface area contributed by atoms with Gasteiger partial charge in [0.2, 0.25) is 0 Å². The van der Waals surface area contributed by atoms with E-state index in [1.165, 1.54) is 11.1 Å². The molecule has 11 heavy (non-hydrogen) atoms. The molecule has 0 aromatic carbocycles. The second kappa shape index (κ2) is 4.95. The van der Waals surface area contributed by atoms with Crippen LogP contribution in [0.25, 0.3) is 0 Å². The zero-order valence-electron chi connectivity index (χ0n) is 7.69. The third kappa shape index (κ3) is 3.22. The minimum absolute atomic E-state index is 0.442. The molecule has 0 aromatic rings. The van der Waals surface area contributed by atoms with Gasteiger partial charge in [-0.05, 0) is 19.8 Å². The minimum atomic E-state index is 0.442. The number of allylic oxidation sites excluding steroid dienone is 3. The Morgan fingerprint density at radius 1 is 1.45 bits per heavy atom. The van der Waals surface area contributed by atoms with Crippen LogP contribution in [-0.2, 0) is 0 Å². The monoisotopic (exact) mass is 150 g/mol. The SMILES string of the molecule is C=CCC(C(=C)C)C(=C)CC. The van der Waals surface area contributed by atoms with Crippen LogP contribution in [0.5, 0.6) is 0 Å². The van der Waals surface area contributed by atoms with Crippen LogP contribution < -0.4 is 0 Å². The number of hydrogen-bond donors (Lipinski definition) is 0. The first-order valence-corrected chi connectivity index (χ1v) is 4.07. The summed E-state index contributed by atoms with van der Waals surface area (Å²) in [6, 6.07) is 0. The summed E-state index contributed by atoms with van der Waals surface area (Å²) >= 11 is 0. The lowest BCUT2D eigenvalue weighted by Crippen LogP contribution is -2.02. The molecule has 0 N–H and O–H groups in total. The minimum Gasteiger partial charge on any atom is -0.103 e. The van der Waals surface area contributed by atoms with Gasteiger partial charge in [-0.2, -0.15) is 0 Å². The third-order valence-electron chi connectivity index (χ3n) is 1.94. The van der Waals surface area contributed by atoms with E-state index < -0.39 is 0 Å². The molecule has 62 valence electrons. The molecule has 0 aliphatic carbocycles. The van der Waals surface area contributed by atoms with Crippen LogP contribution in [0, 0.1) is 5.92 Å². The molecule has 0 radical (unpaired) electrons. The van der Waals surface area contributed by atoms with Gasteiger partial charge in [-0.15, -0.1) is 6.58 Å². The van der Waals surface area contributed by atoms with Gasteiger partial charge in [0, 0.05) is 5.92 Å². The highest BCUT2D eigenvalue weighted by Gasteiger charge is 2.09. The molecule has 0 heterocycles. The summed E-state index contributed by atoms with van der Waals surface area (Å²) in [7, 11) is 0. The van der Waals surface area contributed by atoms with Crippen molar-refractivity contribution in [1.29, 1.82) is 0 Å². The third-order valence-corrected chi connectivity index (χ3v) is 1.94. The van der Waals surface area contributed by atoms with Crippen LogP contribution >= 0.6 is 0 Å². The van der Waals surface area contributed by atoms with E-state index in [-0.39, 0.29) is 0 Å². The Morgan fingerprint density at radius 2 is 2.00 bits per heavy atom. The van der Waals surface area contributed by atoms with Crippen LogP contribution in [0.3, 0.4) is 0 Å². The van der Waals surface area contributed by atoms with E-state index >= 15 is 0 Å². The second-order valence-electron chi connectivity index (χ2n) is 2.94. The van der Waals surface area contributed by atoms with E-state index in [1.54, 1.807) is 0 Å². The Labute approximate surface area is 70.3 Å². The fourth-order valence-electron chi connectivity index (χ4n) is 1.13. The van der Waals surface area contributed by atoms with Crippen molar-refractivity contribution in [2.24, 2.45) is 5.92 Å². The van der Waals surface area contributed by atoms with E-state index in [1.807, 2.05) is 6.08 Å². The molecule has 0 bridgehead atoms. The molecule has 0 aliphatic rings. The van der Waals surface area contributed by atoms with E-state index in [2.05, 4.69) is 33.6 Å². The van der Waals surface area contributed by atoms with E-state index in [0.29, 0.717) is 5.92 Å². The molecule has 0 heteroatoms. The standard InChI is InChI=1S/C11H18/c1-6-8-11(9(3)4)10(5)7-2/h6,11H,1,3,5,7-8H2,2,4H3. The maximum absolute atomic E-state index is 4.00. The van der Waals surface area contributed by atoms with Crippen LogP contribution in [0.15, 0.2) is 37.0 Å². The zero-order valence-corrected chi connectivity index (χ0v) is 7.69. The van der Waals surface area contributed by atoms with Gasteiger partial charge in [0.1, 0.15) is 0 Å². The van der Waals surface area contributed by atoms with Crippen molar-refractivity contribution in [3.8, 4) is 0 Å². The van der Waals surface area contributed by atoms with Crippen molar-refractivity contribution in [3.63, 3.8) is 0 Å². The smallest absolute Gasteiger partial charge is 0.00331 e. The van der Waals surface area contributed by atoms with E-state index in [0.717, 1.165) is 12.8 Å². The quantitative estimate of drug-likeness (QED) is 0.524. The molecule has 0 aromatic heterocycles. The summed E-state index contributed by atoms with van der Waals surface area (Å²) < 4.78 is 0. The molecule has 0 nitrogen and oxygen atoms in total. The van der Waals surface area contributed by atoms with Gasteiger partial charge < -0.3 is 0 Å². The Hall–Kier alpha value is -0.780. The average Bonchev–Trinajstić information content (AvgIpc) is 1.98. The van der Waals surface area contributed by atoms with Crippen molar-refractivity contribution in [2.75, 3.05) is 0 Å². The van der Waals surface area contributed by atoms with Crippen molar-refractivity contribution < 1.29 is 0 Å². The van der Waals surface area contributed by atoms with E-state index in [9.17, 15) is 0 Å². The Balaban J connectivity index is 4.20. The predicted octanol–water partition coefficient (Wildman–Crippen LogP) is 3.72. The first-order valence-electron chi connectivity index (χ1n) is 4.07.